The van der Waals surface area contributed by atoms with E-state index < -0.39 is 17.8 Å². The van der Waals surface area contributed by atoms with Crippen LogP contribution < -0.4 is 5.32 Å². The summed E-state index contributed by atoms with van der Waals surface area (Å²) < 4.78 is 0. The van der Waals surface area contributed by atoms with Gasteiger partial charge in [-0.05, 0) is 30.9 Å². The van der Waals surface area contributed by atoms with Gasteiger partial charge in [0.25, 0.3) is 5.91 Å². The molecule has 0 aromatic carbocycles. The molecule has 0 radical (unpaired) electrons. The molecule has 19 heavy (non-hydrogen) atoms. The number of hydrogen-bond donors (Lipinski definition) is 3. The van der Waals surface area contributed by atoms with Crippen molar-refractivity contribution in [1.29, 1.82) is 0 Å². The van der Waals surface area contributed by atoms with Gasteiger partial charge in [0.15, 0.2) is 5.69 Å². The molecule has 0 aliphatic heterocycles. The molecule has 1 amide bonds. The molecule has 6 nitrogen and oxygen atoms in total. The largest absolute Gasteiger partial charge is 0.505 e. The Labute approximate surface area is 110 Å². The van der Waals surface area contributed by atoms with E-state index in [1.165, 1.54) is 18.3 Å². The minimum absolute atomic E-state index is 0.0348. The van der Waals surface area contributed by atoms with Gasteiger partial charge in [-0.2, -0.15) is 0 Å². The van der Waals surface area contributed by atoms with Crippen LogP contribution in [0.25, 0.3) is 0 Å². The SMILES string of the molecule is O=C(NCC1CCCC1C(=O)O)c1ncccc1O. The summed E-state index contributed by atoms with van der Waals surface area (Å²) in [5.74, 6) is -1.90. The number of nitrogens with one attached hydrogen (secondary N) is 1. The monoisotopic (exact) mass is 264 g/mol. The number of aliphatic carboxylic acids is 1. The van der Waals surface area contributed by atoms with Gasteiger partial charge in [-0.1, -0.05) is 6.42 Å². The van der Waals surface area contributed by atoms with Gasteiger partial charge in [0.2, 0.25) is 0 Å². The molecule has 1 saturated carbocycles. The van der Waals surface area contributed by atoms with Crippen LogP contribution in [-0.2, 0) is 4.79 Å². The molecule has 0 bridgehead atoms. The fourth-order valence-corrected chi connectivity index (χ4v) is 2.49. The summed E-state index contributed by atoms with van der Waals surface area (Å²) in [5, 5.41) is 21.2. The highest BCUT2D eigenvalue weighted by atomic mass is 16.4. The van der Waals surface area contributed by atoms with E-state index in [2.05, 4.69) is 10.3 Å². The number of hydrogen-bond acceptors (Lipinski definition) is 4. The molecule has 1 aliphatic carbocycles. The third-order valence-electron chi connectivity index (χ3n) is 3.50. The van der Waals surface area contributed by atoms with Gasteiger partial charge in [-0.25, -0.2) is 4.98 Å². The molecule has 1 aromatic heterocycles. The third kappa shape index (κ3) is 3.01. The number of carbonyl (C=O) groups excluding carboxylic acids is 1. The number of carboxylic acids is 1. The van der Waals surface area contributed by atoms with Gasteiger partial charge >= 0.3 is 5.97 Å². The quantitative estimate of drug-likeness (QED) is 0.754. The Morgan fingerprint density at radius 2 is 2.21 bits per heavy atom. The van der Waals surface area contributed by atoms with Gasteiger partial charge in [0, 0.05) is 12.7 Å². The molecule has 102 valence electrons. The molecule has 6 heteroatoms. The van der Waals surface area contributed by atoms with Crippen LogP contribution in [0.5, 0.6) is 5.75 Å². The van der Waals surface area contributed by atoms with E-state index in [0.717, 1.165) is 12.8 Å². The van der Waals surface area contributed by atoms with Crippen molar-refractivity contribution < 1.29 is 19.8 Å². The van der Waals surface area contributed by atoms with E-state index in [-0.39, 0.29) is 17.4 Å². The van der Waals surface area contributed by atoms with E-state index in [9.17, 15) is 14.7 Å². The topological polar surface area (TPSA) is 99.5 Å². The average molecular weight is 264 g/mol. The summed E-state index contributed by atoms with van der Waals surface area (Å²) in [6.07, 6.45) is 3.74. The maximum Gasteiger partial charge on any atom is 0.306 e. The van der Waals surface area contributed by atoms with E-state index in [1.807, 2.05) is 0 Å². The van der Waals surface area contributed by atoms with Crippen molar-refractivity contribution in [2.24, 2.45) is 11.8 Å². The maximum atomic E-state index is 11.8. The number of amides is 1. The highest BCUT2D eigenvalue weighted by Crippen LogP contribution is 2.31. The fourth-order valence-electron chi connectivity index (χ4n) is 2.49. The van der Waals surface area contributed by atoms with Crippen LogP contribution in [-0.4, -0.2) is 33.6 Å². The third-order valence-corrected chi connectivity index (χ3v) is 3.50. The molecule has 1 heterocycles. The molecule has 0 saturated heterocycles. The second kappa shape index (κ2) is 5.69. The standard InChI is InChI=1S/C13H16N2O4/c16-10-5-2-6-14-11(10)12(17)15-7-8-3-1-4-9(8)13(18)19/h2,5-6,8-9,16H,1,3-4,7H2,(H,15,17)(H,18,19). The minimum atomic E-state index is -0.808. The first-order valence-electron chi connectivity index (χ1n) is 6.24. The molecule has 1 aliphatic rings. The van der Waals surface area contributed by atoms with Gasteiger partial charge in [-0.3, -0.25) is 9.59 Å². The second-order valence-corrected chi connectivity index (χ2v) is 4.72. The zero-order valence-electron chi connectivity index (χ0n) is 10.4. The van der Waals surface area contributed by atoms with Crippen molar-refractivity contribution in [3.05, 3.63) is 24.0 Å². The molecule has 0 spiro atoms. The summed E-state index contributed by atoms with van der Waals surface area (Å²) in [6.45, 7) is 0.297. The predicted octanol–water partition coefficient (Wildman–Crippen LogP) is 1.02. The first-order chi connectivity index (χ1) is 9.09. The highest BCUT2D eigenvalue weighted by Gasteiger charge is 2.33. The summed E-state index contributed by atoms with van der Waals surface area (Å²) in [5.41, 5.74) is -0.0348. The van der Waals surface area contributed by atoms with E-state index in [4.69, 9.17) is 5.11 Å². The lowest BCUT2D eigenvalue weighted by Crippen LogP contribution is -2.33. The van der Waals surface area contributed by atoms with Crippen molar-refractivity contribution in [3.63, 3.8) is 0 Å². The van der Waals surface area contributed by atoms with Gasteiger partial charge in [0.1, 0.15) is 5.75 Å². The number of aromatic nitrogens is 1. The molecular formula is C13H16N2O4. The molecular weight excluding hydrogens is 248 g/mol. The second-order valence-electron chi connectivity index (χ2n) is 4.72. The van der Waals surface area contributed by atoms with Crippen LogP contribution in [0.15, 0.2) is 18.3 Å². The number of nitrogens with zero attached hydrogens (tertiary/aromatic N) is 1. The Morgan fingerprint density at radius 3 is 2.89 bits per heavy atom. The first kappa shape index (κ1) is 13.3. The van der Waals surface area contributed by atoms with Crippen molar-refractivity contribution in [2.45, 2.75) is 19.3 Å². The summed E-state index contributed by atoms with van der Waals surface area (Å²) in [7, 11) is 0. The summed E-state index contributed by atoms with van der Waals surface area (Å²) in [6, 6.07) is 2.92. The molecule has 2 atom stereocenters. The fraction of sp³-hybridized carbons (Fsp3) is 0.462. The van der Waals surface area contributed by atoms with Crippen molar-refractivity contribution in [2.75, 3.05) is 6.54 Å². The lowest BCUT2D eigenvalue weighted by Gasteiger charge is -2.16. The highest BCUT2D eigenvalue weighted by molar-refractivity contribution is 5.94. The minimum Gasteiger partial charge on any atom is -0.505 e. The maximum absolute atomic E-state index is 11.8. The smallest absolute Gasteiger partial charge is 0.306 e. The number of rotatable bonds is 4. The number of aromatic hydroxyl groups is 1. The van der Waals surface area contributed by atoms with E-state index >= 15 is 0 Å². The predicted molar refractivity (Wildman–Crippen MR) is 66.7 cm³/mol. The Kier molecular flexibility index (Phi) is 3.99. The normalized spacial score (nSPS) is 22.1. The molecule has 1 aromatic rings. The lowest BCUT2D eigenvalue weighted by molar-refractivity contribution is -0.142. The van der Waals surface area contributed by atoms with Gasteiger partial charge < -0.3 is 15.5 Å². The molecule has 2 unspecified atom stereocenters. The number of carboxylic acid groups (broad SMARTS) is 1. The Balaban J connectivity index is 1.94. The van der Waals surface area contributed by atoms with Gasteiger partial charge in [-0.15, -0.1) is 0 Å². The Morgan fingerprint density at radius 1 is 1.42 bits per heavy atom. The van der Waals surface area contributed by atoms with Gasteiger partial charge in [0.05, 0.1) is 5.92 Å². The van der Waals surface area contributed by atoms with E-state index in [1.54, 1.807) is 0 Å². The van der Waals surface area contributed by atoms with Crippen molar-refractivity contribution in [3.8, 4) is 5.75 Å². The first-order valence-corrected chi connectivity index (χ1v) is 6.24. The molecule has 1 fully saturated rings. The van der Waals surface area contributed by atoms with Crippen LogP contribution in [0.4, 0.5) is 0 Å². The lowest BCUT2D eigenvalue weighted by atomic mass is 9.96. The van der Waals surface area contributed by atoms with Crippen LogP contribution in [0.1, 0.15) is 29.8 Å². The zero-order valence-corrected chi connectivity index (χ0v) is 10.4. The average Bonchev–Trinajstić information content (AvgIpc) is 2.85. The van der Waals surface area contributed by atoms with Crippen molar-refractivity contribution in [1.82, 2.24) is 10.3 Å². The van der Waals surface area contributed by atoms with E-state index in [0.29, 0.717) is 13.0 Å². The Hall–Kier alpha value is -2.11. The zero-order chi connectivity index (χ0) is 13.8. The number of pyridine rings is 1. The van der Waals surface area contributed by atoms with Crippen molar-refractivity contribution >= 4 is 11.9 Å². The number of carbonyl (C=O) groups is 2. The summed E-state index contributed by atoms with van der Waals surface area (Å²) >= 11 is 0. The van der Waals surface area contributed by atoms with Crippen LogP contribution in [0.3, 0.4) is 0 Å². The van der Waals surface area contributed by atoms with Crippen LogP contribution >= 0.6 is 0 Å². The summed E-state index contributed by atoms with van der Waals surface area (Å²) in [4.78, 5) is 26.6. The molecule has 3 N–H and O–H groups in total. The van der Waals surface area contributed by atoms with Crippen LogP contribution in [0.2, 0.25) is 0 Å². The van der Waals surface area contributed by atoms with Crippen LogP contribution in [0, 0.1) is 11.8 Å². The Bertz CT molecular complexity index is 489. The molecule has 2 rings (SSSR count).